The zero-order valence-corrected chi connectivity index (χ0v) is 12.4. The number of carbonyl (C=O) groups excluding carboxylic acids is 1. The monoisotopic (exact) mass is 285 g/mol. The van der Waals surface area contributed by atoms with Gasteiger partial charge in [0.05, 0.1) is 12.2 Å². The largest absolute Gasteiger partial charge is 0.373 e. The minimum absolute atomic E-state index is 0.144. The van der Waals surface area contributed by atoms with Crippen LogP contribution in [0.2, 0.25) is 0 Å². The Morgan fingerprint density at radius 2 is 2.14 bits per heavy atom. The molecule has 0 aliphatic heterocycles. The van der Waals surface area contributed by atoms with Crippen molar-refractivity contribution in [1.82, 2.24) is 20.3 Å². The molecule has 0 atom stereocenters. The summed E-state index contributed by atoms with van der Waals surface area (Å²) in [6, 6.07) is 5.33. The van der Waals surface area contributed by atoms with Gasteiger partial charge in [-0.2, -0.15) is 0 Å². The van der Waals surface area contributed by atoms with E-state index in [-0.39, 0.29) is 11.8 Å². The van der Waals surface area contributed by atoms with Gasteiger partial charge in [-0.15, -0.1) is 0 Å². The Kier molecular flexibility index (Phi) is 4.81. The van der Waals surface area contributed by atoms with E-state index in [1.54, 1.807) is 25.4 Å². The molecule has 2 heterocycles. The average Bonchev–Trinajstić information content (AvgIpc) is 2.53. The van der Waals surface area contributed by atoms with Crippen LogP contribution in [-0.4, -0.2) is 27.9 Å². The molecule has 0 unspecified atom stereocenters. The molecular weight excluding hydrogens is 266 g/mol. The second-order valence-corrected chi connectivity index (χ2v) is 4.95. The number of aromatic nitrogens is 3. The van der Waals surface area contributed by atoms with Gasteiger partial charge in [-0.25, -0.2) is 15.0 Å². The minimum Gasteiger partial charge on any atom is -0.373 e. The zero-order chi connectivity index (χ0) is 15.2. The van der Waals surface area contributed by atoms with Crippen molar-refractivity contribution in [1.29, 1.82) is 0 Å². The third-order valence-corrected chi connectivity index (χ3v) is 3.03. The van der Waals surface area contributed by atoms with E-state index in [1.807, 2.05) is 19.9 Å². The predicted molar refractivity (Wildman–Crippen MR) is 81.1 cm³/mol. The number of pyridine rings is 1. The molecule has 0 radical (unpaired) electrons. The van der Waals surface area contributed by atoms with Crippen molar-refractivity contribution in [3.63, 3.8) is 0 Å². The fourth-order valence-electron chi connectivity index (χ4n) is 1.80. The molecular formula is C15H19N5O. The van der Waals surface area contributed by atoms with Gasteiger partial charge in [-0.05, 0) is 24.1 Å². The van der Waals surface area contributed by atoms with Gasteiger partial charge in [0.15, 0.2) is 0 Å². The molecule has 0 aromatic carbocycles. The van der Waals surface area contributed by atoms with E-state index < -0.39 is 0 Å². The van der Waals surface area contributed by atoms with Gasteiger partial charge in [0, 0.05) is 24.5 Å². The van der Waals surface area contributed by atoms with Crippen molar-refractivity contribution < 1.29 is 4.79 Å². The lowest BCUT2D eigenvalue weighted by atomic mass is 10.1. The Labute approximate surface area is 124 Å². The summed E-state index contributed by atoms with van der Waals surface area (Å²) in [4.78, 5) is 24.6. The average molecular weight is 285 g/mol. The predicted octanol–water partition coefficient (Wildman–Crippen LogP) is 1.97. The molecule has 6 nitrogen and oxygen atoms in total. The smallest absolute Gasteiger partial charge is 0.251 e. The van der Waals surface area contributed by atoms with Crippen molar-refractivity contribution in [2.24, 2.45) is 0 Å². The van der Waals surface area contributed by atoms with Crippen LogP contribution in [0.3, 0.4) is 0 Å². The lowest BCUT2D eigenvalue weighted by Crippen LogP contribution is -2.23. The van der Waals surface area contributed by atoms with E-state index in [4.69, 9.17) is 0 Å². The van der Waals surface area contributed by atoms with E-state index >= 15 is 0 Å². The van der Waals surface area contributed by atoms with Crippen LogP contribution >= 0.6 is 0 Å². The summed E-state index contributed by atoms with van der Waals surface area (Å²) in [5, 5.41) is 5.83. The first-order chi connectivity index (χ1) is 10.1. The van der Waals surface area contributed by atoms with Crippen molar-refractivity contribution in [2.45, 2.75) is 26.3 Å². The van der Waals surface area contributed by atoms with Crippen LogP contribution in [-0.2, 0) is 6.54 Å². The second kappa shape index (κ2) is 6.78. The molecule has 0 aliphatic rings. The Hall–Kier alpha value is -2.50. The standard InChI is InChI=1S/C15H19N5O/c1-10(2)13-6-11(7-14(16-3)20-13)15(21)18-8-12-4-5-17-9-19-12/h4-7,9-10H,8H2,1-3H3,(H,16,20)(H,18,21). The molecule has 0 spiro atoms. The Morgan fingerprint density at radius 1 is 1.33 bits per heavy atom. The molecule has 110 valence electrons. The fourth-order valence-corrected chi connectivity index (χ4v) is 1.80. The molecule has 0 saturated carbocycles. The van der Waals surface area contributed by atoms with Crippen LogP contribution in [0.25, 0.3) is 0 Å². The van der Waals surface area contributed by atoms with Crippen LogP contribution in [0.5, 0.6) is 0 Å². The second-order valence-electron chi connectivity index (χ2n) is 4.95. The number of hydrogen-bond donors (Lipinski definition) is 2. The Balaban J connectivity index is 2.13. The summed E-state index contributed by atoms with van der Waals surface area (Å²) in [6.07, 6.45) is 3.11. The van der Waals surface area contributed by atoms with E-state index in [0.717, 1.165) is 11.4 Å². The van der Waals surface area contributed by atoms with Gasteiger partial charge in [0.1, 0.15) is 12.1 Å². The summed E-state index contributed by atoms with van der Waals surface area (Å²) < 4.78 is 0. The molecule has 0 saturated heterocycles. The number of hydrogen-bond acceptors (Lipinski definition) is 5. The molecule has 2 aromatic heterocycles. The van der Waals surface area contributed by atoms with Crippen LogP contribution < -0.4 is 10.6 Å². The van der Waals surface area contributed by atoms with E-state index in [9.17, 15) is 4.79 Å². The normalized spacial score (nSPS) is 10.5. The van der Waals surface area contributed by atoms with Crippen LogP contribution in [0.15, 0.2) is 30.7 Å². The van der Waals surface area contributed by atoms with Gasteiger partial charge in [0.2, 0.25) is 0 Å². The van der Waals surface area contributed by atoms with Crippen LogP contribution in [0.1, 0.15) is 41.5 Å². The highest BCUT2D eigenvalue weighted by atomic mass is 16.1. The molecule has 0 bridgehead atoms. The van der Waals surface area contributed by atoms with E-state index in [2.05, 4.69) is 25.6 Å². The van der Waals surface area contributed by atoms with Gasteiger partial charge in [0.25, 0.3) is 5.91 Å². The van der Waals surface area contributed by atoms with Crippen molar-refractivity contribution in [3.8, 4) is 0 Å². The van der Waals surface area contributed by atoms with Crippen LogP contribution in [0.4, 0.5) is 5.82 Å². The first-order valence-corrected chi connectivity index (χ1v) is 6.83. The lowest BCUT2D eigenvalue weighted by Gasteiger charge is -2.11. The topological polar surface area (TPSA) is 79.8 Å². The summed E-state index contributed by atoms with van der Waals surface area (Å²) in [7, 11) is 1.79. The quantitative estimate of drug-likeness (QED) is 0.878. The number of amides is 1. The molecule has 6 heteroatoms. The summed E-state index contributed by atoms with van der Waals surface area (Å²) in [5.41, 5.74) is 2.24. The summed E-state index contributed by atoms with van der Waals surface area (Å²) in [6.45, 7) is 4.46. The summed E-state index contributed by atoms with van der Waals surface area (Å²) >= 11 is 0. The number of nitrogens with one attached hydrogen (secondary N) is 2. The van der Waals surface area contributed by atoms with Gasteiger partial charge in [-0.1, -0.05) is 13.8 Å². The maximum atomic E-state index is 12.3. The first-order valence-electron chi connectivity index (χ1n) is 6.83. The highest BCUT2D eigenvalue weighted by Gasteiger charge is 2.11. The van der Waals surface area contributed by atoms with Crippen molar-refractivity contribution in [3.05, 3.63) is 47.7 Å². The molecule has 2 aromatic rings. The Morgan fingerprint density at radius 3 is 2.76 bits per heavy atom. The first kappa shape index (κ1) is 14.9. The molecule has 1 amide bonds. The summed E-state index contributed by atoms with van der Waals surface area (Å²) in [5.74, 6) is 0.800. The number of nitrogens with zero attached hydrogens (tertiary/aromatic N) is 3. The maximum Gasteiger partial charge on any atom is 0.251 e. The molecule has 2 N–H and O–H groups in total. The van der Waals surface area contributed by atoms with Crippen LogP contribution in [0, 0.1) is 0 Å². The molecule has 0 fully saturated rings. The van der Waals surface area contributed by atoms with E-state index in [1.165, 1.54) is 6.33 Å². The number of rotatable bonds is 5. The molecule has 21 heavy (non-hydrogen) atoms. The fraction of sp³-hybridized carbons (Fsp3) is 0.333. The minimum atomic E-state index is -0.144. The van der Waals surface area contributed by atoms with Gasteiger partial charge in [-0.3, -0.25) is 4.79 Å². The van der Waals surface area contributed by atoms with Crippen molar-refractivity contribution >= 4 is 11.7 Å². The molecule has 0 aliphatic carbocycles. The highest BCUT2D eigenvalue weighted by molar-refractivity contribution is 5.95. The Bertz CT molecular complexity index is 613. The third-order valence-electron chi connectivity index (χ3n) is 3.03. The van der Waals surface area contributed by atoms with E-state index in [0.29, 0.717) is 17.9 Å². The van der Waals surface area contributed by atoms with Crippen molar-refractivity contribution in [2.75, 3.05) is 12.4 Å². The SMILES string of the molecule is CNc1cc(C(=O)NCc2ccncn2)cc(C(C)C)n1. The highest BCUT2D eigenvalue weighted by Crippen LogP contribution is 2.17. The third kappa shape index (κ3) is 3.98. The number of anilines is 1. The zero-order valence-electron chi connectivity index (χ0n) is 12.4. The number of carbonyl (C=O) groups is 1. The maximum absolute atomic E-state index is 12.3. The van der Waals surface area contributed by atoms with Gasteiger partial charge >= 0.3 is 0 Å². The van der Waals surface area contributed by atoms with Gasteiger partial charge < -0.3 is 10.6 Å². The lowest BCUT2D eigenvalue weighted by molar-refractivity contribution is 0.0950. The molecule has 2 rings (SSSR count).